The van der Waals surface area contributed by atoms with Crippen molar-refractivity contribution in [3.63, 3.8) is 0 Å². The molecule has 0 heterocycles. The smallest absolute Gasteiger partial charge is 0.354 e. The van der Waals surface area contributed by atoms with Crippen LogP contribution in [0.2, 0.25) is 0 Å². The highest BCUT2D eigenvalue weighted by molar-refractivity contribution is 7.95. The minimum atomic E-state index is -3.65. The molecule has 4 aliphatic rings. The molecule has 0 spiro atoms. The Morgan fingerprint density at radius 1 is 1.02 bits per heavy atom. The predicted molar refractivity (Wildman–Crippen MR) is 143 cm³/mol. The second-order valence-corrected chi connectivity index (χ2v) is 14.1. The molecular formula is C29H41F2O11S-. The average molecular weight is 636 g/mol. The molecule has 11 atom stereocenters. The summed E-state index contributed by atoms with van der Waals surface area (Å²) < 4.78 is 52.6. The summed E-state index contributed by atoms with van der Waals surface area (Å²) in [6.07, 6.45) is 4.59. The molecule has 0 aliphatic heterocycles. The highest BCUT2D eigenvalue weighted by Gasteiger charge is 2.67. The molecule has 244 valence electrons. The number of hydrogen-bond donors (Lipinski definition) is 0. The van der Waals surface area contributed by atoms with Gasteiger partial charge in [-0.05, 0) is 86.4 Å². The fraction of sp³-hybridized carbons (Fsp3) is 0.862. The largest absolute Gasteiger partial charge is 0.691 e. The van der Waals surface area contributed by atoms with Crippen LogP contribution in [0.3, 0.4) is 0 Å². The third-order valence-electron chi connectivity index (χ3n) is 11.5. The Balaban J connectivity index is 1.51. The molecule has 0 aromatic heterocycles. The van der Waals surface area contributed by atoms with E-state index in [9.17, 15) is 33.2 Å². The van der Waals surface area contributed by atoms with Gasteiger partial charge in [-0.3, -0.25) is 24.2 Å². The molecule has 0 aromatic rings. The van der Waals surface area contributed by atoms with Crippen LogP contribution in [0.4, 0.5) is 8.78 Å². The summed E-state index contributed by atoms with van der Waals surface area (Å²) in [5, 5.41) is 9.07. The number of halogens is 2. The third kappa shape index (κ3) is 6.81. The molecule has 4 saturated carbocycles. The second-order valence-electron chi connectivity index (χ2n) is 13.2. The molecule has 0 radical (unpaired) electrons. The highest BCUT2D eigenvalue weighted by Crippen LogP contribution is 2.69. The molecule has 1 unspecified atom stereocenters. The van der Waals surface area contributed by atoms with E-state index in [0.29, 0.717) is 45.1 Å². The average Bonchev–Trinajstić information content (AvgIpc) is 3.33. The molecule has 0 aromatic carbocycles. The van der Waals surface area contributed by atoms with Crippen molar-refractivity contribution in [3.05, 3.63) is 0 Å². The van der Waals surface area contributed by atoms with E-state index >= 15 is 0 Å². The first-order chi connectivity index (χ1) is 20.4. The molecule has 0 amide bonds. The number of rotatable bonds is 15. The zero-order chi connectivity index (χ0) is 31.4. The van der Waals surface area contributed by atoms with Gasteiger partial charge in [-0.25, -0.2) is 0 Å². The van der Waals surface area contributed by atoms with Crippen molar-refractivity contribution < 1.29 is 61.5 Å². The Morgan fingerprint density at radius 2 is 1.74 bits per heavy atom. The second kappa shape index (κ2) is 13.9. The van der Waals surface area contributed by atoms with Gasteiger partial charge in [0.1, 0.15) is 30.4 Å². The fourth-order valence-electron chi connectivity index (χ4n) is 9.62. The SMILES string of the molecule is CC(CCC(=O)OCC(F)(F)SOO[O-])[C@H]1CC[C@H]2[C@@H]3[C@H](OC=O)C[C@@H]4C[C@H](OC=O)CC[C@]4(C)[C@H]3C[C@H](OC=O)[C@]12C. The van der Waals surface area contributed by atoms with Crippen LogP contribution >= 0.6 is 12.0 Å². The molecule has 4 fully saturated rings. The first-order valence-electron chi connectivity index (χ1n) is 14.9. The van der Waals surface area contributed by atoms with Crippen LogP contribution in [-0.2, 0) is 47.5 Å². The highest BCUT2D eigenvalue weighted by atomic mass is 32.2. The van der Waals surface area contributed by atoms with Gasteiger partial charge in [-0.15, -0.1) is 0 Å². The Bertz CT molecular complexity index is 1000. The van der Waals surface area contributed by atoms with Gasteiger partial charge in [-0.2, -0.15) is 13.1 Å². The number of carbonyl (C=O) groups excluding carboxylic acids is 4. The zero-order valence-corrected chi connectivity index (χ0v) is 25.5. The molecule has 0 N–H and O–H groups in total. The summed E-state index contributed by atoms with van der Waals surface area (Å²) in [4.78, 5) is 46.9. The Morgan fingerprint density at radius 3 is 2.42 bits per heavy atom. The topological polar surface area (TPSA) is 147 Å². The van der Waals surface area contributed by atoms with Gasteiger partial charge < -0.3 is 24.2 Å². The summed E-state index contributed by atoms with van der Waals surface area (Å²) in [5.41, 5.74) is -0.573. The van der Waals surface area contributed by atoms with E-state index in [1.807, 2.05) is 6.92 Å². The molecule has 14 heteroatoms. The summed E-state index contributed by atoms with van der Waals surface area (Å²) in [6, 6.07) is 0. The molecule has 0 bridgehead atoms. The number of ether oxygens (including phenoxy) is 4. The summed E-state index contributed by atoms with van der Waals surface area (Å²) >= 11 is -0.536. The quantitative estimate of drug-likeness (QED) is 0.0642. The molecular weight excluding hydrogens is 594 g/mol. The first-order valence-corrected chi connectivity index (χ1v) is 15.6. The van der Waals surface area contributed by atoms with Gasteiger partial charge in [0.05, 0.1) is 0 Å². The minimum absolute atomic E-state index is 0.0303. The van der Waals surface area contributed by atoms with Gasteiger partial charge in [-0.1, -0.05) is 20.8 Å². The van der Waals surface area contributed by atoms with Crippen LogP contribution in [0.15, 0.2) is 0 Å². The lowest BCUT2D eigenvalue weighted by molar-refractivity contribution is -0.777. The predicted octanol–water partition coefficient (Wildman–Crippen LogP) is 3.91. The van der Waals surface area contributed by atoms with Crippen LogP contribution in [0.1, 0.15) is 78.6 Å². The maximum Gasteiger partial charge on any atom is 0.354 e. The van der Waals surface area contributed by atoms with E-state index in [0.717, 1.165) is 25.7 Å². The van der Waals surface area contributed by atoms with Crippen LogP contribution in [0, 0.1) is 46.3 Å². The van der Waals surface area contributed by atoms with Crippen molar-refractivity contribution in [1.82, 2.24) is 0 Å². The standard InChI is InChI=1S/C29H42F2O11S/c1-17(4-7-25(35)37-13-29(30,31)43-42-41-36)20-5-6-21-26-22(12-24(40-16-34)28(20,21)3)27(2)9-8-19(38-14-32)10-18(27)11-23(26)39-15-33/h14-24,26,36H,4-13H2,1-3H3/p-1/t17?,18-,19+,20+,21-,22-,23+,24-,26-,27-,28+/m0/s1. The van der Waals surface area contributed by atoms with E-state index < -0.39 is 41.4 Å². The van der Waals surface area contributed by atoms with Crippen molar-refractivity contribution >= 4 is 37.4 Å². The maximum absolute atomic E-state index is 13.6. The first kappa shape index (κ1) is 33.9. The Kier molecular flexibility index (Phi) is 11.0. The molecule has 4 aliphatic carbocycles. The monoisotopic (exact) mass is 635 g/mol. The molecule has 4 rings (SSSR count). The van der Waals surface area contributed by atoms with Crippen LogP contribution in [0.25, 0.3) is 0 Å². The minimum Gasteiger partial charge on any atom is -0.691 e. The van der Waals surface area contributed by atoms with Gasteiger partial charge in [0.2, 0.25) is 0 Å². The lowest BCUT2D eigenvalue weighted by atomic mass is 9.43. The maximum atomic E-state index is 13.6. The third-order valence-corrected chi connectivity index (χ3v) is 12.0. The number of carbonyl (C=O) groups is 4. The molecule has 11 nitrogen and oxygen atoms in total. The van der Waals surface area contributed by atoms with Crippen LogP contribution in [0.5, 0.6) is 0 Å². The van der Waals surface area contributed by atoms with Crippen LogP contribution < -0.4 is 5.26 Å². The molecule has 43 heavy (non-hydrogen) atoms. The Labute approximate surface area is 254 Å². The van der Waals surface area contributed by atoms with Crippen molar-refractivity contribution in [3.8, 4) is 0 Å². The lowest BCUT2D eigenvalue weighted by Gasteiger charge is -2.64. The number of esters is 1. The van der Waals surface area contributed by atoms with Gasteiger partial charge >= 0.3 is 11.2 Å². The van der Waals surface area contributed by atoms with Gasteiger partial charge in [0.15, 0.2) is 6.61 Å². The van der Waals surface area contributed by atoms with Crippen molar-refractivity contribution in [2.24, 2.45) is 46.3 Å². The zero-order valence-electron chi connectivity index (χ0n) is 24.7. The normalized spacial score (nSPS) is 39.3. The van der Waals surface area contributed by atoms with Crippen molar-refractivity contribution in [2.45, 2.75) is 102 Å². The number of hydrogen-bond acceptors (Lipinski definition) is 12. The summed E-state index contributed by atoms with van der Waals surface area (Å²) in [7, 11) is 0. The summed E-state index contributed by atoms with van der Waals surface area (Å²) in [6.45, 7) is 6.65. The lowest BCUT2D eigenvalue weighted by Crippen LogP contribution is -2.63. The van der Waals surface area contributed by atoms with E-state index in [1.54, 1.807) is 0 Å². The summed E-state index contributed by atoms with van der Waals surface area (Å²) in [5.74, 6) is -0.358. The van der Waals surface area contributed by atoms with E-state index in [2.05, 4.69) is 23.2 Å². The molecule has 0 saturated heterocycles. The van der Waals surface area contributed by atoms with Crippen molar-refractivity contribution in [1.29, 1.82) is 0 Å². The number of fused-ring (bicyclic) bond motifs is 5. The fourth-order valence-corrected chi connectivity index (χ4v) is 9.85. The van der Waals surface area contributed by atoms with Crippen LogP contribution in [-0.4, -0.2) is 55.6 Å². The van der Waals surface area contributed by atoms with E-state index in [1.165, 1.54) is 0 Å². The Hall–Kier alpha value is -2.03. The van der Waals surface area contributed by atoms with E-state index in [-0.39, 0.29) is 59.6 Å². The van der Waals surface area contributed by atoms with E-state index in [4.69, 9.17) is 18.9 Å². The van der Waals surface area contributed by atoms with Crippen molar-refractivity contribution in [2.75, 3.05) is 6.61 Å². The van der Waals surface area contributed by atoms with Gasteiger partial charge in [0, 0.05) is 17.8 Å². The van der Waals surface area contributed by atoms with Gasteiger partial charge in [0.25, 0.3) is 19.4 Å². The number of alkyl halides is 2.